The van der Waals surface area contributed by atoms with Gasteiger partial charge in [0, 0.05) is 23.5 Å². The molecule has 0 aliphatic carbocycles. The zero-order valence-corrected chi connectivity index (χ0v) is 8.34. The first kappa shape index (κ1) is 9.52. The summed E-state index contributed by atoms with van der Waals surface area (Å²) in [4.78, 5) is 19.1. The van der Waals surface area contributed by atoms with Crippen molar-refractivity contribution in [1.82, 2.24) is 9.97 Å². The molecule has 1 aromatic carbocycles. The lowest BCUT2D eigenvalue weighted by molar-refractivity contribution is 0.112. The second-order valence-corrected chi connectivity index (χ2v) is 3.30. The number of rotatable bonds is 2. The molecular weight excluding hydrogens is 188 g/mol. The van der Waals surface area contributed by atoms with Gasteiger partial charge in [0.05, 0.1) is 11.9 Å². The number of aryl methyl sites for hydroxylation is 1. The van der Waals surface area contributed by atoms with Crippen molar-refractivity contribution in [3.05, 3.63) is 47.9 Å². The maximum Gasteiger partial charge on any atom is 0.150 e. The summed E-state index contributed by atoms with van der Waals surface area (Å²) in [6.07, 6.45) is 5.72. The van der Waals surface area contributed by atoms with E-state index in [0.717, 1.165) is 23.1 Å². The molecule has 2 rings (SSSR count). The Morgan fingerprint density at radius 1 is 1.27 bits per heavy atom. The molecular formula is C12H10N2O. The van der Waals surface area contributed by atoms with Gasteiger partial charge in [-0.25, -0.2) is 0 Å². The normalized spacial score (nSPS) is 9.93. The van der Waals surface area contributed by atoms with Crippen LogP contribution in [0.25, 0.3) is 11.3 Å². The highest BCUT2D eigenvalue weighted by molar-refractivity contribution is 5.86. The SMILES string of the molecule is Cc1ccc(-c2cnccn2)c(C=O)c1. The molecule has 0 fully saturated rings. The van der Waals surface area contributed by atoms with E-state index in [0.29, 0.717) is 5.56 Å². The third-order valence-electron chi connectivity index (χ3n) is 2.17. The molecule has 15 heavy (non-hydrogen) atoms. The summed E-state index contributed by atoms with van der Waals surface area (Å²) in [7, 11) is 0. The van der Waals surface area contributed by atoms with Crippen molar-refractivity contribution < 1.29 is 4.79 Å². The second kappa shape index (κ2) is 4.00. The Bertz CT molecular complexity index is 480. The van der Waals surface area contributed by atoms with Gasteiger partial charge >= 0.3 is 0 Å². The minimum atomic E-state index is 0.649. The van der Waals surface area contributed by atoms with Crippen molar-refractivity contribution >= 4 is 6.29 Å². The first-order valence-electron chi connectivity index (χ1n) is 4.63. The predicted octanol–water partition coefficient (Wildman–Crippen LogP) is 2.26. The summed E-state index contributed by atoms with van der Waals surface area (Å²) < 4.78 is 0. The van der Waals surface area contributed by atoms with E-state index in [9.17, 15) is 4.79 Å². The van der Waals surface area contributed by atoms with Crippen LogP contribution in [0.15, 0.2) is 36.8 Å². The number of carbonyl (C=O) groups is 1. The maximum atomic E-state index is 10.9. The molecule has 74 valence electrons. The van der Waals surface area contributed by atoms with Crippen molar-refractivity contribution in [2.24, 2.45) is 0 Å². The summed E-state index contributed by atoms with van der Waals surface area (Å²) in [6, 6.07) is 5.69. The van der Waals surface area contributed by atoms with E-state index < -0.39 is 0 Å². The fraction of sp³-hybridized carbons (Fsp3) is 0.0833. The van der Waals surface area contributed by atoms with Crippen LogP contribution in [0.4, 0.5) is 0 Å². The first-order chi connectivity index (χ1) is 7.31. The fourth-order valence-electron chi connectivity index (χ4n) is 1.45. The summed E-state index contributed by atoms with van der Waals surface area (Å²) >= 11 is 0. The molecule has 0 spiro atoms. The molecule has 0 radical (unpaired) electrons. The maximum absolute atomic E-state index is 10.9. The Kier molecular flexibility index (Phi) is 2.54. The Hall–Kier alpha value is -2.03. The predicted molar refractivity (Wildman–Crippen MR) is 57.6 cm³/mol. The standard InChI is InChI=1S/C12H10N2O/c1-9-2-3-11(10(6-9)8-15)12-7-13-4-5-14-12/h2-8H,1H3. The summed E-state index contributed by atoms with van der Waals surface area (Å²) in [5.41, 5.74) is 3.25. The summed E-state index contributed by atoms with van der Waals surface area (Å²) in [5, 5.41) is 0. The molecule has 0 unspecified atom stereocenters. The third-order valence-corrected chi connectivity index (χ3v) is 2.17. The quantitative estimate of drug-likeness (QED) is 0.695. The molecule has 0 saturated carbocycles. The number of aromatic nitrogens is 2. The summed E-state index contributed by atoms with van der Waals surface area (Å²) in [6.45, 7) is 1.95. The minimum absolute atomic E-state index is 0.649. The van der Waals surface area contributed by atoms with Gasteiger partial charge < -0.3 is 0 Å². The molecule has 0 aliphatic heterocycles. The van der Waals surface area contributed by atoms with Crippen LogP contribution in [-0.2, 0) is 0 Å². The lowest BCUT2D eigenvalue weighted by Gasteiger charge is -2.04. The molecule has 0 saturated heterocycles. The van der Waals surface area contributed by atoms with E-state index in [1.54, 1.807) is 18.6 Å². The van der Waals surface area contributed by atoms with Crippen LogP contribution < -0.4 is 0 Å². The van der Waals surface area contributed by atoms with Crippen LogP contribution in [0.1, 0.15) is 15.9 Å². The summed E-state index contributed by atoms with van der Waals surface area (Å²) in [5.74, 6) is 0. The third kappa shape index (κ3) is 1.91. The molecule has 0 aliphatic rings. The lowest BCUT2D eigenvalue weighted by Crippen LogP contribution is -1.91. The molecule has 1 heterocycles. The second-order valence-electron chi connectivity index (χ2n) is 3.30. The van der Waals surface area contributed by atoms with Crippen molar-refractivity contribution in [2.75, 3.05) is 0 Å². The van der Waals surface area contributed by atoms with Crippen LogP contribution in [0.3, 0.4) is 0 Å². The molecule has 0 amide bonds. The van der Waals surface area contributed by atoms with Gasteiger partial charge in [-0.1, -0.05) is 17.7 Å². The van der Waals surface area contributed by atoms with Crippen LogP contribution in [-0.4, -0.2) is 16.3 Å². The molecule has 3 heteroatoms. The van der Waals surface area contributed by atoms with Gasteiger partial charge in [-0.05, 0) is 13.0 Å². The van der Waals surface area contributed by atoms with Gasteiger partial charge in [-0.15, -0.1) is 0 Å². The van der Waals surface area contributed by atoms with E-state index >= 15 is 0 Å². The average Bonchev–Trinajstić information content (AvgIpc) is 2.30. The van der Waals surface area contributed by atoms with Crippen molar-refractivity contribution in [3.63, 3.8) is 0 Å². The first-order valence-corrected chi connectivity index (χ1v) is 4.63. The van der Waals surface area contributed by atoms with E-state index in [-0.39, 0.29) is 0 Å². The molecule has 0 atom stereocenters. The monoisotopic (exact) mass is 198 g/mol. The van der Waals surface area contributed by atoms with Gasteiger partial charge in [0.15, 0.2) is 6.29 Å². The van der Waals surface area contributed by atoms with Crippen LogP contribution in [0.5, 0.6) is 0 Å². The highest BCUT2D eigenvalue weighted by Crippen LogP contribution is 2.20. The number of aldehydes is 1. The molecule has 2 aromatic rings. The van der Waals surface area contributed by atoms with Gasteiger partial charge in [-0.3, -0.25) is 14.8 Å². The number of carbonyl (C=O) groups excluding carboxylic acids is 1. The average molecular weight is 198 g/mol. The number of hydrogen-bond donors (Lipinski definition) is 0. The van der Waals surface area contributed by atoms with Crippen molar-refractivity contribution in [3.8, 4) is 11.3 Å². The van der Waals surface area contributed by atoms with Crippen molar-refractivity contribution in [1.29, 1.82) is 0 Å². The Labute approximate surface area is 87.8 Å². The Balaban J connectivity index is 2.58. The zero-order valence-electron chi connectivity index (χ0n) is 8.34. The van der Waals surface area contributed by atoms with Gasteiger partial charge in [0.1, 0.15) is 0 Å². The fourth-order valence-corrected chi connectivity index (χ4v) is 1.45. The topological polar surface area (TPSA) is 42.9 Å². The van der Waals surface area contributed by atoms with Crippen LogP contribution in [0.2, 0.25) is 0 Å². The van der Waals surface area contributed by atoms with Crippen molar-refractivity contribution in [2.45, 2.75) is 6.92 Å². The Morgan fingerprint density at radius 3 is 2.80 bits per heavy atom. The minimum Gasteiger partial charge on any atom is -0.298 e. The lowest BCUT2D eigenvalue weighted by atomic mass is 10.0. The Morgan fingerprint density at radius 2 is 2.13 bits per heavy atom. The zero-order chi connectivity index (χ0) is 10.7. The van der Waals surface area contributed by atoms with Crippen LogP contribution in [0, 0.1) is 6.92 Å². The van der Waals surface area contributed by atoms with Gasteiger partial charge in [-0.2, -0.15) is 0 Å². The van der Waals surface area contributed by atoms with E-state index in [1.165, 1.54) is 0 Å². The number of nitrogens with zero attached hydrogens (tertiary/aromatic N) is 2. The smallest absolute Gasteiger partial charge is 0.150 e. The molecule has 0 bridgehead atoms. The highest BCUT2D eigenvalue weighted by Gasteiger charge is 2.05. The van der Waals surface area contributed by atoms with Gasteiger partial charge in [0.25, 0.3) is 0 Å². The largest absolute Gasteiger partial charge is 0.298 e. The van der Waals surface area contributed by atoms with Gasteiger partial charge in [0.2, 0.25) is 0 Å². The van der Waals surface area contributed by atoms with E-state index in [4.69, 9.17) is 0 Å². The molecule has 3 nitrogen and oxygen atoms in total. The highest BCUT2D eigenvalue weighted by atomic mass is 16.1. The molecule has 0 N–H and O–H groups in total. The van der Waals surface area contributed by atoms with E-state index in [1.807, 2.05) is 25.1 Å². The molecule has 1 aromatic heterocycles. The van der Waals surface area contributed by atoms with Crippen LogP contribution >= 0.6 is 0 Å². The number of hydrogen-bond acceptors (Lipinski definition) is 3. The number of benzene rings is 1. The van der Waals surface area contributed by atoms with E-state index in [2.05, 4.69) is 9.97 Å².